The Morgan fingerprint density at radius 2 is 0.957 bits per heavy atom. The van der Waals surface area contributed by atoms with Crippen molar-refractivity contribution in [3.05, 3.63) is 0 Å². The molecule has 0 aliphatic heterocycles. The van der Waals surface area contributed by atoms with Gasteiger partial charge in [-0.2, -0.15) is 0 Å². The SMILES string of the molecule is CCCCCCCCCCCCCCCCCC(=O)O.[Cl][Cu][Cl]. The van der Waals surface area contributed by atoms with E-state index in [1.807, 2.05) is 0 Å². The number of hydrogen-bond acceptors (Lipinski definition) is 1. The zero-order valence-electron chi connectivity index (χ0n) is 14.7. The molecule has 1 N–H and O–H groups in total. The van der Waals surface area contributed by atoms with Crippen LogP contribution in [0, 0.1) is 0 Å². The van der Waals surface area contributed by atoms with Crippen molar-refractivity contribution in [2.75, 3.05) is 0 Å². The predicted molar refractivity (Wildman–Crippen MR) is 98.9 cm³/mol. The number of halogens is 2. The molecular weight excluding hydrogens is 383 g/mol. The summed E-state index contributed by atoms with van der Waals surface area (Å²) in [6.07, 6.45) is 20.2. The first kappa shape index (κ1) is 25.8. The molecule has 0 radical (unpaired) electrons. The number of unbranched alkanes of at least 4 members (excludes halogenated alkanes) is 14. The van der Waals surface area contributed by atoms with Crippen molar-refractivity contribution < 1.29 is 23.0 Å². The number of rotatable bonds is 16. The Bertz CT molecular complexity index is 229. The van der Waals surface area contributed by atoms with Gasteiger partial charge in [-0.3, -0.25) is 4.79 Å². The van der Waals surface area contributed by atoms with Gasteiger partial charge in [-0.25, -0.2) is 0 Å². The molecule has 5 heteroatoms. The monoisotopic (exact) mass is 417 g/mol. The van der Waals surface area contributed by atoms with Gasteiger partial charge in [-0.15, -0.1) is 0 Å². The zero-order valence-corrected chi connectivity index (χ0v) is 17.2. The maximum absolute atomic E-state index is 10.3. The second kappa shape index (κ2) is 24.8. The first-order chi connectivity index (χ1) is 11.2. The normalized spacial score (nSPS) is 10.4. The van der Waals surface area contributed by atoms with Crippen LogP contribution in [0.25, 0.3) is 0 Å². The van der Waals surface area contributed by atoms with Crippen LogP contribution in [0.15, 0.2) is 0 Å². The van der Waals surface area contributed by atoms with E-state index in [0.717, 1.165) is 26.0 Å². The maximum atomic E-state index is 10.3. The molecule has 23 heavy (non-hydrogen) atoms. The number of hydrogen-bond donors (Lipinski definition) is 1. The van der Waals surface area contributed by atoms with Crippen LogP contribution in [-0.4, -0.2) is 11.1 Å². The van der Waals surface area contributed by atoms with E-state index in [1.165, 1.54) is 83.5 Å². The van der Waals surface area contributed by atoms with Crippen molar-refractivity contribution in [3.8, 4) is 0 Å². The van der Waals surface area contributed by atoms with Crippen molar-refractivity contribution >= 4 is 26.2 Å². The summed E-state index contributed by atoms with van der Waals surface area (Å²) in [6, 6.07) is 0. The van der Waals surface area contributed by atoms with Crippen LogP contribution >= 0.6 is 20.2 Å². The van der Waals surface area contributed by atoms with Gasteiger partial charge in [-0.1, -0.05) is 96.8 Å². The summed E-state index contributed by atoms with van der Waals surface area (Å²) in [5.41, 5.74) is 0. The Morgan fingerprint density at radius 3 is 1.22 bits per heavy atom. The van der Waals surface area contributed by atoms with E-state index in [0.29, 0.717) is 6.42 Å². The van der Waals surface area contributed by atoms with Crippen LogP contribution < -0.4 is 0 Å². The Balaban J connectivity index is 0. The molecule has 0 unspecified atom stereocenters. The summed E-state index contributed by atoms with van der Waals surface area (Å²) >= 11 is 0.757. The van der Waals surface area contributed by atoms with E-state index in [4.69, 9.17) is 5.11 Å². The number of carboxylic acids is 1. The molecule has 0 amide bonds. The molecule has 0 aromatic rings. The van der Waals surface area contributed by atoms with Crippen molar-refractivity contribution in [1.82, 2.24) is 0 Å². The number of carboxylic acid groups (broad SMARTS) is 1. The molecular formula is C18H36Cl2CuO2. The van der Waals surface area contributed by atoms with Gasteiger partial charge in [0.2, 0.25) is 0 Å². The van der Waals surface area contributed by atoms with Crippen molar-refractivity contribution in [3.63, 3.8) is 0 Å². The number of aliphatic carboxylic acids is 1. The topological polar surface area (TPSA) is 37.3 Å². The summed E-state index contributed by atoms with van der Waals surface area (Å²) in [5, 5.41) is 8.52. The molecule has 0 atom stereocenters. The quantitative estimate of drug-likeness (QED) is 0.206. The fraction of sp³-hybridized carbons (Fsp3) is 0.944. The van der Waals surface area contributed by atoms with E-state index in [-0.39, 0.29) is 0 Å². The van der Waals surface area contributed by atoms with Crippen LogP contribution in [0.2, 0.25) is 0 Å². The van der Waals surface area contributed by atoms with Crippen LogP contribution in [0.3, 0.4) is 0 Å². The summed E-state index contributed by atoms with van der Waals surface area (Å²) in [7, 11) is 9.34. The molecule has 0 aliphatic rings. The summed E-state index contributed by atoms with van der Waals surface area (Å²) < 4.78 is 0. The standard InChI is InChI=1S/C18H36O2.2ClH.Cu/c1-2-3-4-5-6-7-8-9-10-11-12-13-14-15-16-17-18(19)20;;;/h2-17H2,1H3,(H,19,20);2*1H;/q;;;+2/p-2. The van der Waals surface area contributed by atoms with E-state index >= 15 is 0 Å². The van der Waals surface area contributed by atoms with Gasteiger partial charge in [0.05, 0.1) is 0 Å². The predicted octanol–water partition coefficient (Wildman–Crippen LogP) is 7.71. The summed E-state index contributed by atoms with van der Waals surface area (Å²) in [4.78, 5) is 10.3. The van der Waals surface area contributed by atoms with Crippen LogP contribution in [0.1, 0.15) is 110 Å². The third-order valence-corrected chi connectivity index (χ3v) is 3.99. The van der Waals surface area contributed by atoms with Gasteiger partial charge in [-0.05, 0) is 6.42 Å². The summed E-state index contributed by atoms with van der Waals surface area (Å²) in [6.45, 7) is 2.27. The molecule has 0 rings (SSSR count). The molecule has 0 bridgehead atoms. The molecule has 0 aromatic carbocycles. The average Bonchev–Trinajstić information content (AvgIpc) is 2.51. The van der Waals surface area contributed by atoms with Crippen LogP contribution in [0.5, 0.6) is 0 Å². The van der Waals surface area contributed by atoms with Crippen LogP contribution in [-0.2, 0) is 17.9 Å². The second-order valence-electron chi connectivity index (χ2n) is 6.14. The van der Waals surface area contributed by atoms with Crippen molar-refractivity contribution in [1.29, 1.82) is 0 Å². The van der Waals surface area contributed by atoms with Gasteiger partial charge in [0.25, 0.3) is 0 Å². The number of carbonyl (C=O) groups is 1. The minimum absolute atomic E-state index is 0.345. The van der Waals surface area contributed by atoms with Crippen LogP contribution in [0.4, 0.5) is 0 Å². The molecule has 0 aromatic heterocycles. The van der Waals surface area contributed by atoms with E-state index < -0.39 is 5.97 Å². The van der Waals surface area contributed by atoms with E-state index in [9.17, 15) is 4.79 Å². The molecule has 0 spiro atoms. The second-order valence-corrected chi connectivity index (χ2v) is 7.69. The fourth-order valence-electron chi connectivity index (χ4n) is 2.65. The first-order valence-corrected chi connectivity index (χ1v) is 11.8. The van der Waals surface area contributed by atoms with E-state index in [2.05, 4.69) is 27.1 Å². The van der Waals surface area contributed by atoms with Gasteiger partial charge in [0.15, 0.2) is 0 Å². The Hall–Kier alpha value is 0.569. The Labute approximate surface area is 158 Å². The van der Waals surface area contributed by atoms with Gasteiger partial charge in [0.1, 0.15) is 0 Å². The van der Waals surface area contributed by atoms with Crippen molar-refractivity contribution in [2.45, 2.75) is 110 Å². The van der Waals surface area contributed by atoms with Gasteiger partial charge in [0, 0.05) is 6.42 Å². The fourth-order valence-corrected chi connectivity index (χ4v) is 2.65. The Morgan fingerprint density at radius 1 is 0.696 bits per heavy atom. The molecule has 0 aliphatic carbocycles. The third-order valence-electron chi connectivity index (χ3n) is 3.99. The average molecular weight is 419 g/mol. The molecule has 0 heterocycles. The molecule has 0 saturated carbocycles. The first-order valence-electron chi connectivity index (χ1n) is 9.22. The molecule has 0 fully saturated rings. The molecule has 145 valence electrons. The third kappa shape index (κ3) is 30.9. The Kier molecular flexibility index (Phi) is 27.8. The summed E-state index contributed by atoms with van der Waals surface area (Å²) in [5.74, 6) is -0.653. The van der Waals surface area contributed by atoms with Gasteiger partial charge >= 0.3 is 39.3 Å². The molecule has 0 saturated heterocycles. The molecule has 2 nitrogen and oxygen atoms in total. The minimum atomic E-state index is -0.653. The zero-order chi connectivity index (χ0) is 17.6. The van der Waals surface area contributed by atoms with Gasteiger partial charge < -0.3 is 5.11 Å². The van der Waals surface area contributed by atoms with Crippen molar-refractivity contribution in [2.24, 2.45) is 0 Å². The van der Waals surface area contributed by atoms with E-state index in [1.54, 1.807) is 0 Å².